The van der Waals surface area contributed by atoms with Crippen LogP contribution < -0.4 is 5.56 Å². The van der Waals surface area contributed by atoms with Crippen molar-refractivity contribution in [1.82, 2.24) is 10.2 Å². The van der Waals surface area contributed by atoms with Crippen LogP contribution in [0.4, 0.5) is 0 Å². The zero-order valence-electron chi connectivity index (χ0n) is 10.1. The van der Waals surface area contributed by atoms with Crippen molar-refractivity contribution in [2.45, 2.75) is 6.92 Å². The van der Waals surface area contributed by atoms with Gasteiger partial charge in [-0.1, -0.05) is 23.7 Å². The molecule has 1 aromatic heterocycles. The minimum Gasteiger partial charge on any atom is -0.462 e. The molecule has 0 amide bonds. The van der Waals surface area contributed by atoms with E-state index >= 15 is 0 Å². The Morgan fingerprint density at radius 3 is 2.89 bits per heavy atom. The molecule has 0 saturated heterocycles. The van der Waals surface area contributed by atoms with Gasteiger partial charge >= 0.3 is 5.97 Å². The van der Waals surface area contributed by atoms with Gasteiger partial charge in [0, 0.05) is 10.6 Å². The Morgan fingerprint density at radius 1 is 1.42 bits per heavy atom. The second-order valence-corrected chi connectivity index (χ2v) is 4.16. The number of aromatic nitrogens is 2. The Morgan fingerprint density at radius 2 is 2.21 bits per heavy atom. The third-order valence-electron chi connectivity index (χ3n) is 2.42. The predicted molar refractivity (Wildman–Crippen MR) is 71.3 cm³/mol. The highest BCUT2D eigenvalue weighted by atomic mass is 35.5. The van der Waals surface area contributed by atoms with Gasteiger partial charge in [-0.2, -0.15) is 5.10 Å². The van der Waals surface area contributed by atoms with Crippen molar-refractivity contribution in [1.29, 1.82) is 0 Å². The number of halogens is 1. The minimum absolute atomic E-state index is 0.0770. The van der Waals surface area contributed by atoms with Gasteiger partial charge in [0.15, 0.2) is 0 Å². The molecule has 0 bridgehead atoms. The van der Waals surface area contributed by atoms with Crippen LogP contribution in [0.2, 0.25) is 5.02 Å². The summed E-state index contributed by atoms with van der Waals surface area (Å²) < 4.78 is 4.81. The van der Waals surface area contributed by atoms with Crippen LogP contribution in [-0.4, -0.2) is 22.8 Å². The summed E-state index contributed by atoms with van der Waals surface area (Å²) in [5, 5.41) is 6.71. The molecule has 6 heteroatoms. The van der Waals surface area contributed by atoms with E-state index in [9.17, 15) is 9.59 Å². The van der Waals surface area contributed by atoms with Crippen molar-refractivity contribution in [2.75, 3.05) is 6.61 Å². The first-order chi connectivity index (χ1) is 9.11. The molecule has 1 heterocycles. The van der Waals surface area contributed by atoms with Gasteiger partial charge in [0.1, 0.15) is 5.56 Å². The van der Waals surface area contributed by atoms with Crippen LogP contribution in [0.1, 0.15) is 17.3 Å². The van der Waals surface area contributed by atoms with Crippen LogP contribution in [0.25, 0.3) is 11.3 Å². The number of carbonyl (C=O) groups is 1. The van der Waals surface area contributed by atoms with E-state index in [0.29, 0.717) is 16.3 Å². The van der Waals surface area contributed by atoms with E-state index in [4.69, 9.17) is 16.3 Å². The van der Waals surface area contributed by atoms with Crippen LogP contribution in [0.3, 0.4) is 0 Å². The second-order valence-electron chi connectivity index (χ2n) is 3.73. The number of aromatic amines is 1. The zero-order valence-corrected chi connectivity index (χ0v) is 10.9. The normalized spacial score (nSPS) is 10.2. The molecule has 0 spiro atoms. The molecule has 0 aliphatic heterocycles. The van der Waals surface area contributed by atoms with Crippen molar-refractivity contribution in [3.63, 3.8) is 0 Å². The topological polar surface area (TPSA) is 72.0 Å². The molecule has 0 aliphatic carbocycles. The number of nitrogens with zero attached hydrogens (tertiary/aromatic N) is 1. The van der Waals surface area contributed by atoms with Crippen LogP contribution in [-0.2, 0) is 4.74 Å². The van der Waals surface area contributed by atoms with E-state index < -0.39 is 11.5 Å². The smallest absolute Gasteiger partial charge is 0.343 e. The molecule has 0 atom stereocenters. The number of hydrogen-bond donors (Lipinski definition) is 1. The number of benzene rings is 1. The number of esters is 1. The molecule has 0 radical (unpaired) electrons. The Balaban J connectivity index is 2.47. The van der Waals surface area contributed by atoms with Crippen molar-refractivity contribution in [2.24, 2.45) is 0 Å². The highest BCUT2D eigenvalue weighted by Crippen LogP contribution is 2.20. The van der Waals surface area contributed by atoms with E-state index in [1.165, 1.54) is 6.07 Å². The summed E-state index contributed by atoms with van der Waals surface area (Å²) in [6.45, 7) is 1.87. The maximum Gasteiger partial charge on any atom is 0.343 e. The number of ether oxygens (including phenoxy) is 1. The molecule has 1 aromatic carbocycles. The van der Waals surface area contributed by atoms with Crippen LogP contribution in [0.15, 0.2) is 35.1 Å². The summed E-state index contributed by atoms with van der Waals surface area (Å²) in [5.74, 6) is -0.672. The molecule has 2 aromatic rings. The van der Waals surface area contributed by atoms with E-state index in [1.54, 1.807) is 31.2 Å². The molecule has 1 N–H and O–H groups in total. The van der Waals surface area contributed by atoms with Crippen LogP contribution in [0, 0.1) is 0 Å². The lowest BCUT2D eigenvalue weighted by Gasteiger charge is -2.04. The lowest BCUT2D eigenvalue weighted by molar-refractivity contribution is 0.0524. The molecule has 0 saturated carbocycles. The van der Waals surface area contributed by atoms with E-state index in [-0.39, 0.29) is 12.2 Å². The van der Waals surface area contributed by atoms with Crippen molar-refractivity contribution >= 4 is 17.6 Å². The number of H-pyrrole nitrogens is 1. The predicted octanol–water partition coefficient (Wildman–Crippen LogP) is 2.27. The van der Waals surface area contributed by atoms with Gasteiger partial charge < -0.3 is 4.74 Å². The first-order valence-electron chi connectivity index (χ1n) is 5.64. The molecular weight excluding hydrogens is 268 g/mol. The van der Waals surface area contributed by atoms with Crippen LogP contribution >= 0.6 is 11.6 Å². The van der Waals surface area contributed by atoms with Gasteiger partial charge in [0.05, 0.1) is 12.3 Å². The summed E-state index contributed by atoms with van der Waals surface area (Å²) in [6, 6.07) is 8.35. The summed E-state index contributed by atoms with van der Waals surface area (Å²) >= 11 is 5.89. The quantitative estimate of drug-likeness (QED) is 0.874. The van der Waals surface area contributed by atoms with E-state index in [0.717, 1.165) is 0 Å². The number of rotatable bonds is 3. The monoisotopic (exact) mass is 278 g/mol. The lowest BCUT2D eigenvalue weighted by atomic mass is 10.1. The number of hydrogen-bond acceptors (Lipinski definition) is 4. The summed E-state index contributed by atoms with van der Waals surface area (Å²) in [5.41, 5.74) is 0.496. The van der Waals surface area contributed by atoms with E-state index in [1.807, 2.05) is 0 Å². The number of nitrogens with one attached hydrogen (secondary N) is 1. The maximum atomic E-state index is 11.6. The third-order valence-corrected chi connectivity index (χ3v) is 2.65. The molecule has 98 valence electrons. The van der Waals surface area contributed by atoms with Gasteiger partial charge in [-0.3, -0.25) is 4.79 Å². The van der Waals surface area contributed by atoms with Crippen molar-refractivity contribution in [3.8, 4) is 11.3 Å². The van der Waals surface area contributed by atoms with Crippen molar-refractivity contribution in [3.05, 3.63) is 51.3 Å². The van der Waals surface area contributed by atoms with Gasteiger partial charge in [-0.15, -0.1) is 0 Å². The molecule has 0 aliphatic rings. The third kappa shape index (κ3) is 3.00. The zero-order chi connectivity index (χ0) is 13.8. The fourth-order valence-electron chi connectivity index (χ4n) is 1.56. The SMILES string of the molecule is CCOC(=O)c1cc(-c2cccc(Cl)c2)n[nH]c1=O. The summed E-state index contributed by atoms with van der Waals surface area (Å²) in [4.78, 5) is 23.2. The van der Waals surface area contributed by atoms with E-state index in [2.05, 4.69) is 10.2 Å². The summed E-state index contributed by atoms with van der Waals surface area (Å²) in [7, 11) is 0. The summed E-state index contributed by atoms with van der Waals surface area (Å²) in [6.07, 6.45) is 0. The largest absolute Gasteiger partial charge is 0.462 e. The Kier molecular flexibility index (Phi) is 3.97. The molecule has 0 unspecified atom stereocenters. The van der Waals surface area contributed by atoms with Crippen molar-refractivity contribution < 1.29 is 9.53 Å². The second kappa shape index (κ2) is 5.67. The molecule has 19 heavy (non-hydrogen) atoms. The molecule has 2 rings (SSSR count). The molecular formula is C13H11ClN2O3. The van der Waals surface area contributed by atoms with Gasteiger partial charge in [0.2, 0.25) is 0 Å². The standard InChI is InChI=1S/C13H11ClN2O3/c1-2-19-13(18)10-7-11(15-16-12(10)17)8-4-3-5-9(14)6-8/h3-7H,2H2,1H3,(H,16,17). The Hall–Kier alpha value is -2.14. The maximum absolute atomic E-state index is 11.6. The first kappa shape index (κ1) is 13.3. The molecule has 0 fully saturated rings. The van der Waals surface area contributed by atoms with Gasteiger partial charge in [-0.05, 0) is 25.1 Å². The average Bonchev–Trinajstić information content (AvgIpc) is 2.39. The highest BCUT2D eigenvalue weighted by molar-refractivity contribution is 6.30. The Bertz CT molecular complexity index is 667. The van der Waals surface area contributed by atoms with Gasteiger partial charge in [-0.25, -0.2) is 9.89 Å². The van der Waals surface area contributed by atoms with Gasteiger partial charge in [0.25, 0.3) is 5.56 Å². The fourth-order valence-corrected chi connectivity index (χ4v) is 1.75. The fraction of sp³-hybridized carbons (Fsp3) is 0.154. The highest BCUT2D eigenvalue weighted by Gasteiger charge is 2.14. The lowest BCUT2D eigenvalue weighted by Crippen LogP contribution is -2.21. The average molecular weight is 279 g/mol. The minimum atomic E-state index is -0.672. The number of carbonyl (C=O) groups excluding carboxylic acids is 1. The Labute approximate surface area is 114 Å². The first-order valence-corrected chi connectivity index (χ1v) is 6.02. The molecule has 5 nitrogen and oxygen atoms in total. The van der Waals surface area contributed by atoms with Crippen LogP contribution in [0.5, 0.6) is 0 Å².